The van der Waals surface area contributed by atoms with Gasteiger partial charge in [-0.3, -0.25) is 9.55 Å². The van der Waals surface area contributed by atoms with E-state index >= 15 is 0 Å². The summed E-state index contributed by atoms with van der Waals surface area (Å²) in [5, 5.41) is 11.0. The fourth-order valence-corrected chi connectivity index (χ4v) is 6.54. The maximum Gasteiger partial charge on any atom is 0.148 e. The van der Waals surface area contributed by atoms with E-state index in [0.717, 1.165) is 44.7 Å². The molecule has 0 unspecified atom stereocenters. The summed E-state index contributed by atoms with van der Waals surface area (Å²) in [4.78, 5) is 10.1. The third kappa shape index (κ3) is 7.21. The molecular formula is C46H44N3OPt-. The number of hydrogen-bond donors (Lipinski definition) is 1. The summed E-state index contributed by atoms with van der Waals surface area (Å²) in [6.45, 7) is 15.7. The van der Waals surface area contributed by atoms with Gasteiger partial charge >= 0.3 is 0 Å². The molecule has 51 heavy (non-hydrogen) atoms. The van der Waals surface area contributed by atoms with Crippen LogP contribution in [0.1, 0.15) is 77.0 Å². The molecule has 4 nitrogen and oxygen atoms in total. The third-order valence-corrected chi connectivity index (χ3v) is 9.55. The first-order valence-corrected chi connectivity index (χ1v) is 17.5. The first-order valence-electron chi connectivity index (χ1n) is 17.5. The van der Waals surface area contributed by atoms with E-state index in [0.29, 0.717) is 23.2 Å². The van der Waals surface area contributed by atoms with Gasteiger partial charge in [-0.25, -0.2) is 4.98 Å². The number of rotatable bonds is 7. The smallest absolute Gasteiger partial charge is 0.148 e. The van der Waals surface area contributed by atoms with Gasteiger partial charge in [0.25, 0.3) is 0 Å². The Labute approximate surface area is 316 Å². The molecule has 1 N–H and O–H groups in total. The van der Waals surface area contributed by atoms with Crippen molar-refractivity contribution in [3.8, 4) is 56.3 Å². The molecular weight excluding hydrogens is 806 g/mol. The number of hydrogen-bond acceptors (Lipinski definition) is 3. The van der Waals surface area contributed by atoms with Crippen LogP contribution >= 0.6 is 0 Å². The van der Waals surface area contributed by atoms with E-state index in [1.54, 1.807) is 6.07 Å². The second-order valence-corrected chi connectivity index (χ2v) is 14.9. The van der Waals surface area contributed by atoms with Crippen LogP contribution in [0.2, 0.25) is 0 Å². The largest absolute Gasteiger partial charge is 0.507 e. The number of nitrogens with zero attached hydrogens (tertiary/aromatic N) is 3. The monoisotopic (exact) mass is 849 g/mol. The number of fused-ring (bicyclic) bond motifs is 1. The fourth-order valence-electron chi connectivity index (χ4n) is 6.54. The molecule has 2 aromatic heterocycles. The Morgan fingerprint density at radius 2 is 1.33 bits per heavy atom. The summed E-state index contributed by atoms with van der Waals surface area (Å²) in [6.07, 6.45) is 1.90. The van der Waals surface area contributed by atoms with Gasteiger partial charge in [-0.15, -0.1) is 29.8 Å². The van der Waals surface area contributed by atoms with Gasteiger partial charge in [0, 0.05) is 38.6 Å². The summed E-state index contributed by atoms with van der Waals surface area (Å²) in [5.41, 5.74) is 13.3. The first kappa shape index (κ1) is 36.0. The molecule has 0 aliphatic carbocycles. The second kappa shape index (κ2) is 14.4. The van der Waals surface area contributed by atoms with Gasteiger partial charge in [0.15, 0.2) is 0 Å². The molecule has 5 aromatic carbocycles. The Morgan fingerprint density at radius 3 is 2.00 bits per heavy atom. The number of phenolic OH excluding ortho intramolecular Hbond substituents is 1. The maximum atomic E-state index is 11.0. The van der Waals surface area contributed by atoms with Crippen LogP contribution in [-0.4, -0.2) is 19.6 Å². The summed E-state index contributed by atoms with van der Waals surface area (Å²) >= 11 is 0. The van der Waals surface area contributed by atoms with E-state index in [9.17, 15) is 5.11 Å². The number of para-hydroxylation sites is 2. The van der Waals surface area contributed by atoms with Crippen LogP contribution in [0, 0.1) is 6.07 Å². The van der Waals surface area contributed by atoms with E-state index in [2.05, 4.69) is 132 Å². The van der Waals surface area contributed by atoms with Crippen molar-refractivity contribution in [1.82, 2.24) is 14.5 Å². The molecule has 0 fully saturated rings. The van der Waals surface area contributed by atoms with Crippen LogP contribution < -0.4 is 0 Å². The summed E-state index contributed by atoms with van der Waals surface area (Å²) < 4.78 is 2.16. The van der Waals surface area contributed by atoms with Crippen molar-refractivity contribution >= 4 is 11.0 Å². The number of phenols is 1. The van der Waals surface area contributed by atoms with Crippen molar-refractivity contribution in [2.24, 2.45) is 0 Å². The molecule has 0 amide bonds. The van der Waals surface area contributed by atoms with Crippen molar-refractivity contribution in [3.05, 3.63) is 144 Å². The van der Waals surface area contributed by atoms with Crippen molar-refractivity contribution < 1.29 is 26.2 Å². The molecule has 0 aliphatic heterocycles. The molecule has 2 heterocycles. The average molecular weight is 850 g/mol. The summed E-state index contributed by atoms with van der Waals surface area (Å²) in [6, 6.07) is 43.4. The molecule has 0 saturated carbocycles. The molecule has 5 heteroatoms. The molecule has 0 radical (unpaired) electrons. The van der Waals surface area contributed by atoms with Crippen LogP contribution in [0.5, 0.6) is 5.75 Å². The zero-order valence-electron chi connectivity index (χ0n) is 30.3. The number of aromatic nitrogens is 3. The van der Waals surface area contributed by atoms with Crippen molar-refractivity contribution in [1.29, 1.82) is 0 Å². The predicted octanol–water partition coefficient (Wildman–Crippen LogP) is 12.1. The number of pyridine rings is 1. The molecule has 0 bridgehead atoms. The van der Waals surface area contributed by atoms with Gasteiger partial charge in [0.2, 0.25) is 0 Å². The minimum absolute atomic E-state index is 0. The van der Waals surface area contributed by atoms with E-state index in [4.69, 9.17) is 9.97 Å². The van der Waals surface area contributed by atoms with E-state index < -0.39 is 0 Å². The minimum Gasteiger partial charge on any atom is -0.507 e. The molecule has 7 rings (SSSR count). The molecule has 0 saturated heterocycles. The van der Waals surface area contributed by atoms with Crippen molar-refractivity contribution in [2.75, 3.05) is 0 Å². The number of aromatic hydroxyl groups is 1. The molecule has 0 aliphatic rings. The summed E-state index contributed by atoms with van der Waals surface area (Å²) in [7, 11) is 0. The third-order valence-electron chi connectivity index (χ3n) is 9.55. The van der Waals surface area contributed by atoms with Gasteiger partial charge in [-0.05, 0) is 81.5 Å². The van der Waals surface area contributed by atoms with Crippen LogP contribution in [0.4, 0.5) is 0 Å². The van der Waals surface area contributed by atoms with E-state index in [1.807, 2.05) is 42.6 Å². The quantitative estimate of drug-likeness (QED) is 0.163. The molecule has 0 atom stereocenters. The zero-order chi connectivity index (χ0) is 35.2. The maximum absolute atomic E-state index is 11.0. The van der Waals surface area contributed by atoms with Gasteiger partial charge in [0.1, 0.15) is 11.6 Å². The van der Waals surface area contributed by atoms with Gasteiger partial charge in [0.05, 0.1) is 16.6 Å². The number of benzene rings is 5. The Hall–Kier alpha value is -4.79. The Balaban J connectivity index is 0.00000448. The second-order valence-electron chi connectivity index (χ2n) is 14.9. The van der Waals surface area contributed by atoms with Crippen LogP contribution in [0.3, 0.4) is 0 Å². The van der Waals surface area contributed by atoms with Crippen LogP contribution in [0.15, 0.2) is 121 Å². The molecule has 7 aromatic rings. The Kier molecular flexibility index (Phi) is 10.2. The Bertz CT molecular complexity index is 2300. The van der Waals surface area contributed by atoms with Gasteiger partial charge < -0.3 is 5.11 Å². The average Bonchev–Trinajstić information content (AvgIpc) is 3.50. The van der Waals surface area contributed by atoms with Crippen molar-refractivity contribution in [3.63, 3.8) is 0 Å². The van der Waals surface area contributed by atoms with Crippen LogP contribution in [-0.2, 0) is 26.5 Å². The SMILES string of the molecule is CC(C)c1cc(-c2ccnc(-c3[c-]c(-c4cc(C(C)(C)C)cc5c4nc(-c4ccccc4O)n5-c4ccccc4)ccc3)c2)cc(C(C)C)c1.[Pt]. The molecule has 0 spiro atoms. The van der Waals surface area contributed by atoms with E-state index in [1.165, 1.54) is 22.3 Å². The van der Waals surface area contributed by atoms with Crippen LogP contribution in [0.25, 0.3) is 61.6 Å². The topological polar surface area (TPSA) is 50.9 Å². The molecule has 260 valence electrons. The minimum atomic E-state index is -0.128. The standard InChI is InChI=1S/C46H44N3O.Pt/c1-29(2)34-23-35(30(3)4)25-36(24-34)31-20-21-47-41(26-31)33-15-13-14-32(22-33)40-27-37(46(5,6)7)28-42-44(40)48-45(39-18-11-12-19-43(39)50)49(42)38-16-9-8-10-17-38;/h8-21,23-30,50H,1-7H3;/q-1;. The van der Waals surface area contributed by atoms with Gasteiger partial charge in [-0.2, -0.15) is 0 Å². The Morgan fingerprint density at radius 1 is 0.667 bits per heavy atom. The van der Waals surface area contributed by atoms with E-state index in [-0.39, 0.29) is 32.2 Å². The zero-order valence-corrected chi connectivity index (χ0v) is 32.6. The normalized spacial score (nSPS) is 11.7. The van der Waals surface area contributed by atoms with Gasteiger partial charge in [-0.1, -0.05) is 120 Å². The predicted molar refractivity (Wildman–Crippen MR) is 208 cm³/mol. The first-order chi connectivity index (χ1) is 24.0. The summed E-state index contributed by atoms with van der Waals surface area (Å²) in [5.74, 6) is 1.76. The number of imidazole rings is 1. The fraction of sp³-hybridized carbons (Fsp3) is 0.217. The van der Waals surface area contributed by atoms with Crippen molar-refractivity contribution in [2.45, 2.75) is 65.7 Å².